The molecule has 4 nitrogen and oxygen atoms in total. The number of carbonyl (C=O) groups excluding carboxylic acids is 1. The van der Waals surface area contributed by atoms with Crippen molar-refractivity contribution < 1.29 is 13.7 Å². The van der Waals surface area contributed by atoms with Crippen LogP contribution in [0.3, 0.4) is 0 Å². The van der Waals surface area contributed by atoms with Crippen LogP contribution < -0.4 is 0 Å². The Kier molecular flexibility index (Phi) is 4.29. The van der Waals surface area contributed by atoms with E-state index in [1.54, 1.807) is 18.2 Å². The molecule has 1 aliphatic rings. The van der Waals surface area contributed by atoms with E-state index in [2.05, 4.69) is 29.4 Å². The highest BCUT2D eigenvalue weighted by molar-refractivity contribution is 5.93. The summed E-state index contributed by atoms with van der Waals surface area (Å²) < 4.78 is 18.4. The summed E-state index contributed by atoms with van der Waals surface area (Å²) in [6.45, 7) is 2.75. The van der Waals surface area contributed by atoms with Gasteiger partial charge in [0, 0.05) is 18.2 Å². The maximum Gasteiger partial charge on any atom is 0.292 e. The molecule has 1 aromatic heterocycles. The van der Waals surface area contributed by atoms with E-state index in [0.29, 0.717) is 17.8 Å². The van der Waals surface area contributed by atoms with Gasteiger partial charge in [0.2, 0.25) is 5.76 Å². The first-order chi connectivity index (χ1) is 12.6. The second-order valence-electron chi connectivity index (χ2n) is 6.65. The lowest BCUT2D eigenvalue weighted by atomic mass is 10.0. The Morgan fingerprint density at radius 1 is 1.15 bits per heavy atom. The zero-order valence-corrected chi connectivity index (χ0v) is 14.5. The largest absolute Gasteiger partial charge is 0.350 e. The molecule has 3 aromatic rings. The van der Waals surface area contributed by atoms with Gasteiger partial charge in [-0.15, -0.1) is 0 Å². The lowest BCUT2D eigenvalue weighted by molar-refractivity contribution is 0.0693. The van der Waals surface area contributed by atoms with Gasteiger partial charge in [0.15, 0.2) is 0 Å². The highest BCUT2D eigenvalue weighted by Crippen LogP contribution is 2.33. The lowest BCUT2D eigenvalue weighted by Crippen LogP contribution is -2.30. The van der Waals surface area contributed by atoms with Gasteiger partial charge < -0.3 is 9.42 Å². The number of hydrogen-bond donors (Lipinski definition) is 0. The Balaban J connectivity index is 1.57. The highest BCUT2D eigenvalue weighted by atomic mass is 19.1. The van der Waals surface area contributed by atoms with Crippen LogP contribution in [0.2, 0.25) is 0 Å². The highest BCUT2D eigenvalue weighted by Gasteiger charge is 2.32. The van der Waals surface area contributed by atoms with Gasteiger partial charge in [-0.1, -0.05) is 35.0 Å². The molecule has 26 heavy (non-hydrogen) atoms. The molecule has 5 heteroatoms. The van der Waals surface area contributed by atoms with Crippen LogP contribution in [-0.2, 0) is 0 Å². The summed E-state index contributed by atoms with van der Waals surface area (Å²) in [5, 5.41) is 3.97. The SMILES string of the molecule is Cc1ccc(C2CCCN2C(=O)c2cc(-c3ccc(F)cc3)no2)cc1. The lowest BCUT2D eigenvalue weighted by Gasteiger charge is -2.24. The summed E-state index contributed by atoms with van der Waals surface area (Å²) >= 11 is 0. The summed E-state index contributed by atoms with van der Waals surface area (Å²) in [6, 6.07) is 15.9. The number of carbonyl (C=O) groups is 1. The van der Waals surface area contributed by atoms with Crippen LogP contribution >= 0.6 is 0 Å². The fourth-order valence-electron chi connectivity index (χ4n) is 3.42. The Morgan fingerprint density at radius 3 is 2.62 bits per heavy atom. The Labute approximate surface area is 151 Å². The van der Waals surface area contributed by atoms with Gasteiger partial charge in [0.1, 0.15) is 11.5 Å². The minimum atomic E-state index is -0.313. The van der Waals surface area contributed by atoms with Crippen molar-refractivity contribution in [3.8, 4) is 11.3 Å². The Morgan fingerprint density at radius 2 is 1.88 bits per heavy atom. The number of hydrogen-bond acceptors (Lipinski definition) is 3. The summed E-state index contributed by atoms with van der Waals surface area (Å²) in [4.78, 5) is 14.8. The van der Waals surface area contributed by atoms with Crippen LogP contribution in [0, 0.1) is 12.7 Å². The second-order valence-corrected chi connectivity index (χ2v) is 6.65. The van der Waals surface area contributed by atoms with Crippen LogP contribution in [0.1, 0.15) is 40.6 Å². The van der Waals surface area contributed by atoms with E-state index in [9.17, 15) is 9.18 Å². The molecular formula is C21H19FN2O2. The van der Waals surface area contributed by atoms with Crippen molar-refractivity contribution in [1.29, 1.82) is 0 Å². The normalized spacial score (nSPS) is 16.8. The molecule has 0 spiro atoms. The van der Waals surface area contributed by atoms with Gasteiger partial charge in [-0.3, -0.25) is 4.79 Å². The number of rotatable bonds is 3. The molecule has 2 aromatic carbocycles. The molecule has 0 N–H and O–H groups in total. The molecule has 0 saturated carbocycles. The van der Waals surface area contributed by atoms with E-state index < -0.39 is 0 Å². The number of aryl methyl sites for hydroxylation is 1. The number of nitrogens with zero attached hydrogens (tertiary/aromatic N) is 2. The van der Waals surface area contributed by atoms with Gasteiger partial charge in [-0.2, -0.15) is 0 Å². The first kappa shape index (κ1) is 16.5. The van der Waals surface area contributed by atoms with E-state index in [4.69, 9.17) is 4.52 Å². The maximum atomic E-state index is 13.1. The molecule has 132 valence electrons. The number of amides is 1. The molecule has 1 aliphatic heterocycles. The summed E-state index contributed by atoms with van der Waals surface area (Å²) in [7, 11) is 0. The predicted molar refractivity (Wildman–Crippen MR) is 96.1 cm³/mol. The predicted octanol–water partition coefficient (Wildman–Crippen LogP) is 4.77. The van der Waals surface area contributed by atoms with Gasteiger partial charge in [0.25, 0.3) is 5.91 Å². The van der Waals surface area contributed by atoms with Gasteiger partial charge in [-0.05, 0) is 49.6 Å². The number of benzene rings is 2. The third kappa shape index (κ3) is 3.12. The average molecular weight is 350 g/mol. The van der Waals surface area contributed by atoms with Crippen LogP contribution in [0.25, 0.3) is 11.3 Å². The number of likely N-dealkylation sites (tertiary alicyclic amines) is 1. The van der Waals surface area contributed by atoms with E-state index in [0.717, 1.165) is 18.4 Å². The Bertz CT molecular complexity index is 916. The van der Waals surface area contributed by atoms with Crippen LogP contribution in [-0.4, -0.2) is 22.5 Å². The Hall–Kier alpha value is -2.95. The molecule has 1 saturated heterocycles. The van der Waals surface area contributed by atoms with Gasteiger partial charge in [-0.25, -0.2) is 4.39 Å². The number of halogens is 1. The minimum Gasteiger partial charge on any atom is -0.350 e. The van der Waals surface area contributed by atoms with E-state index in [1.165, 1.54) is 17.7 Å². The molecule has 1 atom stereocenters. The zero-order valence-electron chi connectivity index (χ0n) is 14.5. The fourth-order valence-corrected chi connectivity index (χ4v) is 3.42. The van der Waals surface area contributed by atoms with Crippen molar-refractivity contribution in [3.63, 3.8) is 0 Å². The average Bonchev–Trinajstić information content (AvgIpc) is 3.32. The molecular weight excluding hydrogens is 331 g/mol. The van der Waals surface area contributed by atoms with Crippen LogP contribution in [0.15, 0.2) is 59.1 Å². The molecule has 1 fully saturated rings. The van der Waals surface area contributed by atoms with Crippen LogP contribution in [0.5, 0.6) is 0 Å². The fraction of sp³-hybridized carbons (Fsp3) is 0.238. The molecule has 0 aliphatic carbocycles. The van der Waals surface area contributed by atoms with Gasteiger partial charge >= 0.3 is 0 Å². The molecule has 0 radical (unpaired) electrons. The van der Waals surface area contributed by atoms with E-state index in [1.807, 2.05) is 11.8 Å². The molecule has 1 unspecified atom stereocenters. The van der Waals surface area contributed by atoms with Crippen LogP contribution in [0.4, 0.5) is 4.39 Å². The second kappa shape index (κ2) is 6.75. The van der Waals surface area contributed by atoms with Crippen molar-refractivity contribution in [2.45, 2.75) is 25.8 Å². The zero-order chi connectivity index (χ0) is 18.1. The van der Waals surface area contributed by atoms with Gasteiger partial charge in [0.05, 0.1) is 6.04 Å². The third-order valence-electron chi connectivity index (χ3n) is 4.84. The van der Waals surface area contributed by atoms with E-state index >= 15 is 0 Å². The van der Waals surface area contributed by atoms with Crippen molar-refractivity contribution in [1.82, 2.24) is 10.1 Å². The quantitative estimate of drug-likeness (QED) is 0.684. The molecule has 4 rings (SSSR count). The topological polar surface area (TPSA) is 46.3 Å². The number of aromatic nitrogens is 1. The minimum absolute atomic E-state index is 0.0578. The monoisotopic (exact) mass is 350 g/mol. The standard InChI is InChI=1S/C21H19FN2O2/c1-14-4-6-16(7-5-14)19-3-2-12-24(19)21(25)20-13-18(23-26-20)15-8-10-17(22)11-9-15/h4-11,13,19H,2-3,12H2,1H3. The van der Waals surface area contributed by atoms with Crippen molar-refractivity contribution in [2.24, 2.45) is 0 Å². The summed E-state index contributed by atoms with van der Waals surface area (Å²) in [5.74, 6) is -0.260. The molecule has 0 bridgehead atoms. The van der Waals surface area contributed by atoms with E-state index in [-0.39, 0.29) is 23.5 Å². The van der Waals surface area contributed by atoms with Crippen molar-refractivity contribution in [3.05, 3.63) is 77.3 Å². The molecule has 2 heterocycles. The summed E-state index contributed by atoms with van der Waals surface area (Å²) in [6.07, 6.45) is 1.90. The third-order valence-corrected chi connectivity index (χ3v) is 4.84. The summed E-state index contributed by atoms with van der Waals surface area (Å²) in [5.41, 5.74) is 3.58. The maximum absolute atomic E-state index is 13.1. The van der Waals surface area contributed by atoms with Crippen molar-refractivity contribution >= 4 is 5.91 Å². The first-order valence-corrected chi connectivity index (χ1v) is 8.72. The van der Waals surface area contributed by atoms with Crippen molar-refractivity contribution in [2.75, 3.05) is 6.54 Å². The first-order valence-electron chi connectivity index (χ1n) is 8.72. The molecule has 1 amide bonds. The smallest absolute Gasteiger partial charge is 0.292 e.